The number of pyridine rings is 1. The van der Waals surface area contributed by atoms with Crippen LogP contribution in [0.15, 0.2) is 49.2 Å². The van der Waals surface area contributed by atoms with Gasteiger partial charge in [0.15, 0.2) is 0 Å². The summed E-state index contributed by atoms with van der Waals surface area (Å²) in [5.74, 6) is 2.42. The molecule has 3 aromatic rings. The van der Waals surface area contributed by atoms with E-state index in [1.807, 2.05) is 25.6 Å². The Morgan fingerprint density at radius 2 is 2.00 bits per heavy atom. The summed E-state index contributed by atoms with van der Waals surface area (Å²) >= 11 is 0. The Kier molecular flexibility index (Phi) is 4.39. The highest BCUT2D eigenvalue weighted by molar-refractivity contribution is 5.48. The van der Waals surface area contributed by atoms with Crippen molar-refractivity contribution in [3.8, 4) is 0 Å². The molecule has 1 saturated heterocycles. The van der Waals surface area contributed by atoms with Gasteiger partial charge in [-0.3, -0.25) is 4.90 Å². The van der Waals surface area contributed by atoms with Crippen LogP contribution in [0.1, 0.15) is 30.3 Å². The number of anilines is 2. The number of aromatic nitrogens is 5. The maximum absolute atomic E-state index is 4.46. The largest absolute Gasteiger partial charge is 0.337 e. The molecule has 0 radical (unpaired) electrons. The molecule has 0 bridgehead atoms. The third-order valence-corrected chi connectivity index (χ3v) is 4.60. The van der Waals surface area contributed by atoms with Gasteiger partial charge in [0, 0.05) is 44.1 Å². The SMILES string of the molecule is Cn1ccnc1CN1CCC[C@H]1c1ccnc(Nc2ncccn2)c1. The third kappa shape index (κ3) is 3.51. The van der Waals surface area contributed by atoms with E-state index in [9.17, 15) is 0 Å². The van der Waals surface area contributed by atoms with Crippen molar-refractivity contribution in [2.45, 2.75) is 25.4 Å². The van der Waals surface area contributed by atoms with E-state index in [0.29, 0.717) is 12.0 Å². The Hall–Kier alpha value is -2.80. The zero-order valence-electron chi connectivity index (χ0n) is 14.2. The van der Waals surface area contributed by atoms with Crippen molar-refractivity contribution < 1.29 is 0 Å². The van der Waals surface area contributed by atoms with Gasteiger partial charge in [-0.1, -0.05) is 0 Å². The summed E-state index contributed by atoms with van der Waals surface area (Å²) in [5.41, 5.74) is 1.26. The van der Waals surface area contributed by atoms with E-state index in [-0.39, 0.29) is 0 Å². The summed E-state index contributed by atoms with van der Waals surface area (Å²) in [6.45, 7) is 1.95. The van der Waals surface area contributed by atoms with Gasteiger partial charge in [0.05, 0.1) is 6.54 Å². The van der Waals surface area contributed by atoms with Crippen molar-refractivity contribution in [2.75, 3.05) is 11.9 Å². The maximum Gasteiger partial charge on any atom is 0.228 e. The van der Waals surface area contributed by atoms with Gasteiger partial charge in [-0.25, -0.2) is 19.9 Å². The summed E-state index contributed by atoms with van der Waals surface area (Å²) < 4.78 is 2.08. The van der Waals surface area contributed by atoms with E-state index in [1.54, 1.807) is 18.5 Å². The molecule has 7 nitrogen and oxygen atoms in total. The van der Waals surface area contributed by atoms with Gasteiger partial charge in [-0.15, -0.1) is 0 Å². The zero-order valence-corrected chi connectivity index (χ0v) is 14.2. The first-order valence-electron chi connectivity index (χ1n) is 8.50. The lowest BCUT2D eigenvalue weighted by molar-refractivity contribution is 0.240. The second-order valence-corrected chi connectivity index (χ2v) is 6.25. The molecule has 0 unspecified atom stereocenters. The van der Waals surface area contributed by atoms with Gasteiger partial charge in [0.2, 0.25) is 5.95 Å². The summed E-state index contributed by atoms with van der Waals surface area (Å²) in [5, 5.41) is 3.17. The minimum absolute atomic E-state index is 0.386. The lowest BCUT2D eigenvalue weighted by Crippen LogP contribution is -2.24. The van der Waals surface area contributed by atoms with Crippen LogP contribution in [-0.4, -0.2) is 35.9 Å². The number of likely N-dealkylation sites (tertiary alicyclic amines) is 1. The molecular weight excluding hydrogens is 314 g/mol. The van der Waals surface area contributed by atoms with Crippen molar-refractivity contribution in [3.63, 3.8) is 0 Å². The predicted octanol–water partition coefficient (Wildman–Crippen LogP) is 2.69. The molecule has 1 fully saturated rings. The van der Waals surface area contributed by atoms with Gasteiger partial charge >= 0.3 is 0 Å². The minimum atomic E-state index is 0.386. The Morgan fingerprint density at radius 1 is 1.12 bits per heavy atom. The molecule has 0 aliphatic carbocycles. The fraction of sp³-hybridized carbons (Fsp3) is 0.333. The average Bonchev–Trinajstić information content (AvgIpc) is 3.26. The number of hydrogen-bond donors (Lipinski definition) is 1. The monoisotopic (exact) mass is 335 g/mol. The van der Waals surface area contributed by atoms with Crippen LogP contribution in [0.5, 0.6) is 0 Å². The molecule has 1 atom stereocenters. The molecule has 128 valence electrons. The van der Waals surface area contributed by atoms with Gasteiger partial charge in [0.1, 0.15) is 11.6 Å². The number of hydrogen-bond acceptors (Lipinski definition) is 6. The van der Waals surface area contributed by atoms with Crippen LogP contribution < -0.4 is 5.32 Å². The Bertz CT molecular complexity index is 830. The maximum atomic E-state index is 4.46. The zero-order chi connectivity index (χ0) is 17.1. The molecule has 1 aliphatic rings. The highest BCUT2D eigenvalue weighted by Gasteiger charge is 2.27. The fourth-order valence-corrected chi connectivity index (χ4v) is 3.32. The summed E-state index contributed by atoms with van der Waals surface area (Å²) in [7, 11) is 2.04. The number of imidazole rings is 1. The molecule has 4 rings (SSSR count). The average molecular weight is 335 g/mol. The molecule has 0 aromatic carbocycles. The normalized spacial score (nSPS) is 17.7. The highest BCUT2D eigenvalue weighted by Crippen LogP contribution is 2.33. The quantitative estimate of drug-likeness (QED) is 0.773. The molecule has 1 aliphatic heterocycles. The number of rotatable bonds is 5. The van der Waals surface area contributed by atoms with Gasteiger partial charge in [-0.05, 0) is 43.1 Å². The van der Waals surface area contributed by atoms with E-state index >= 15 is 0 Å². The molecule has 7 heteroatoms. The predicted molar refractivity (Wildman–Crippen MR) is 95.1 cm³/mol. The Balaban J connectivity index is 1.52. The summed E-state index contributed by atoms with van der Waals surface area (Å²) in [6.07, 6.45) is 11.5. The number of aryl methyl sites for hydroxylation is 1. The van der Waals surface area contributed by atoms with E-state index < -0.39 is 0 Å². The number of nitrogens with zero attached hydrogens (tertiary/aromatic N) is 6. The number of nitrogens with one attached hydrogen (secondary N) is 1. The van der Waals surface area contributed by atoms with Crippen molar-refractivity contribution in [2.24, 2.45) is 7.05 Å². The van der Waals surface area contributed by atoms with Gasteiger partial charge in [-0.2, -0.15) is 0 Å². The molecule has 3 aromatic heterocycles. The van der Waals surface area contributed by atoms with Crippen LogP contribution in [-0.2, 0) is 13.6 Å². The van der Waals surface area contributed by atoms with Crippen LogP contribution in [0, 0.1) is 0 Å². The van der Waals surface area contributed by atoms with Gasteiger partial charge in [0.25, 0.3) is 0 Å². The lowest BCUT2D eigenvalue weighted by atomic mass is 10.1. The first-order chi connectivity index (χ1) is 12.3. The van der Waals surface area contributed by atoms with E-state index in [0.717, 1.165) is 31.2 Å². The van der Waals surface area contributed by atoms with Crippen LogP contribution in [0.2, 0.25) is 0 Å². The highest BCUT2D eigenvalue weighted by atomic mass is 15.2. The summed E-state index contributed by atoms with van der Waals surface area (Å²) in [4.78, 5) is 19.7. The first kappa shape index (κ1) is 15.7. The standard InChI is InChI=1S/C18H21N7/c1-24-11-9-20-17(24)13-25-10-2-4-15(25)14-5-8-19-16(12-14)23-18-21-6-3-7-22-18/h3,5-9,11-12,15H,2,4,10,13H2,1H3,(H,19,21,22,23)/t15-/m0/s1. The van der Waals surface area contributed by atoms with E-state index in [2.05, 4.69) is 46.9 Å². The van der Waals surface area contributed by atoms with E-state index in [4.69, 9.17) is 0 Å². The Morgan fingerprint density at radius 3 is 2.80 bits per heavy atom. The summed E-state index contributed by atoms with van der Waals surface area (Å²) in [6, 6.07) is 6.37. The smallest absolute Gasteiger partial charge is 0.228 e. The molecule has 0 saturated carbocycles. The molecule has 25 heavy (non-hydrogen) atoms. The second kappa shape index (κ2) is 6.98. The first-order valence-corrected chi connectivity index (χ1v) is 8.50. The minimum Gasteiger partial charge on any atom is -0.337 e. The van der Waals surface area contributed by atoms with Crippen LogP contribution in [0.4, 0.5) is 11.8 Å². The van der Waals surface area contributed by atoms with Gasteiger partial charge < -0.3 is 9.88 Å². The van der Waals surface area contributed by atoms with Crippen molar-refractivity contribution in [3.05, 3.63) is 60.6 Å². The van der Waals surface area contributed by atoms with Crippen LogP contribution in [0.25, 0.3) is 0 Å². The molecule has 4 heterocycles. The van der Waals surface area contributed by atoms with Crippen LogP contribution >= 0.6 is 0 Å². The van der Waals surface area contributed by atoms with E-state index in [1.165, 1.54) is 12.0 Å². The fourth-order valence-electron chi connectivity index (χ4n) is 3.32. The van der Waals surface area contributed by atoms with Crippen LogP contribution in [0.3, 0.4) is 0 Å². The molecule has 0 spiro atoms. The molecular formula is C18H21N7. The lowest BCUT2D eigenvalue weighted by Gasteiger charge is -2.24. The van der Waals surface area contributed by atoms with Crippen molar-refractivity contribution in [1.82, 2.24) is 29.4 Å². The Labute approximate surface area is 146 Å². The molecule has 0 amide bonds. The third-order valence-electron chi connectivity index (χ3n) is 4.60. The van der Waals surface area contributed by atoms with Crippen molar-refractivity contribution in [1.29, 1.82) is 0 Å². The van der Waals surface area contributed by atoms with Crippen molar-refractivity contribution >= 4 is 11.8 Å². The second-order valence-electron chi connectivity index (χ2n) is 6.25. The topological polar surface area (TPSA) is 71.8 Å². The molecule has 1 N–H and O–H groups in total.